The van der Waals surface area contributed by atoms with E-state index in [0.717, 1.165) is 12.8 Å². The number of fused-ring (bicyclic) bond motifs is 1. The molecule has 1 aliphatic rings. The number of aliphatic hydroxyl groups excluding tert-OH is 1. The highest BCUT2D eigenvalue weighted by Crippen LogP contribution is 2.33. The Labute approximate surface area is 121 Å². The predicted octanol–water partition coefficient (Wildman–Crippen LogP) is 0.585. The largest absolute Gasteiger partial charge is 0.396 e. The predicted molar refractivity (Wildman–Crippen MR) is 77.1 cm³/mol. The first-order valence-corrected chi connectivity index (χ1v) is 7.09. The van der Waals surface area contributed by atoms with Crippen LogP contribution in [-0.4, -0.2) is 33.0 Å². The van der Waals surface area contributed by atoms with Crippen molar-refractivity contribution in [2.45, 2.75) is 25.3 Å². The van der Waals surface area contributed by atoms with Gasteiger partial charge >= 0.3 is 0 Å². The molecule has 0 saturated heterocycles. The van der Waals surface area contributed by atoms with E-state index < -0.39 is 5.91 Å². The summed E-state index contributed by atoms with van der Waals surface area (Å²) in [6.07, 6.45) is 5.53. The van der Waals surface area contributed by atoms with Gasteiger partial charge in [-0.15, -0.1) is 0 Å². The molecule has 0 spiro atoms. The topological polar surface area (TPSA) is 83.7 Å². The van der Waals surface area contributed by atoms with E-state index in [0.29, 0.717) is 18.0 Å². The minimum atomic E-state index is -0.420. The van der Waals surface area contributed by atoms with Crippen LogP contribution in [0.4, 0.5) is 0 Å². The standard InChI is InChI=1S/C15H17N3O3/c19-8-6-12(10-4-5-10)17-14(20)11-9-16-13-3-1-2-7-18(13)15(11)21/h1-3,7,9-10,12,19H,4-6,8H2,(H,17,20). The Balaban J connectivity index is 1.87. The van der Waals surface area contributed by atoms with Crippen LogP contribution in [0.3, 0.4) is 0 Å². The van der Waals surface area contributed by atoms with Gasteiger partial charge in [-0.2, -0.15) is 0 Å². The third-order valence-corrected chi connectivity index (χ3v) is 3.81. The van der Waals surface area contributed by atoms with Crippen LogP contribution in [0.1, 0.15) is 29.6 Å². The van der Waals surface area contributed by atoms with Crippen molar-refractivity contribution >= 4 is 11.6 Å². The monoisotopic (exact) mass is 287 g/mol. The molecule has 110 valence electrons. The molecule has 1 amide bonds. The van der Waals surface area contributed by atoms with Crippen molar-refractivity contribution in [2.24, 2.45) is 5.92 Å². The molecule has 1 saturated carbocycles. The Morgan fingerprint density at radius 2 is 2.29 bits per heavy atom. The number of carbonyl (C=O) groups is 1. The molecule has 2 aromatic rings. The zero-order valence-corrected chi connectivity index (χ0v) is 11.5. The number of carbonyl (C=O) groups excluding carboxylic acids is 1. The maximum absolute atomic E-state index is 12.3. The van der Waals surface area contributed by atoms with Crippen molar-refractivity contribution in [1.82, 2.24) is 14.7 Å². The summed E-state index contributed by atoms with van der Waals surface area (Å²) in [5.41, 5.74) is 0.159. The number of nitrogens with zero attached hydrogens (tertiary/aromatic N) is 2. The van der Waals surface area contributed by atoms with Crippen molar-refractivity contribution < 1.29 is 9.90 Å². The van der Waals surface area contributed by atoms with Gasteiger partial charge in [0.05, 0.1) is 0 Å². The summed E-state index contributed by atoms with van der Waals surface area (Å²) in [5.74, 6) is -0.00614. The normalized spacial score (nSPS) is 15.9. The molecule has 0 bridgehead atoms. The molecular formula is C15H17N3O3. The summed E-state index contributed by atoms with van der Waals surface area (Å²) in [4.78, 5) is 28.7. The second-order valence-electron chi connectivity index (χ2n) is 5.34. The fourth-order valence-electron chi connectivity index (χ4n) is 2.49. The van der Waals surface area contributed by atoms with Gasteiger partial charge in [-0.25, -0.2) is 4.98 Å². The second-order valence-corrected chi connectivity index (χ2v) is 5.34. The van der Waals surface area contributed by atoms with Crippen LogP contribution >= 0.6 is 0 Å². The minimum Gasteiger partial charge on any atom is -0.396 e. The van der Waals surface area contributed by atoms with Gasteiger partial charge in [0, 0.05) is 25.0 Å². The molecule has 6 nitrogen and oxygen atoms in total. The summed E-state index contributed by atoms with van der Waals surface area (Å²) in [5, 5.41) is 11.9. The second kappa shape index (κ2) is 5.65. The van der Waals surface area contributed by atoms with Crippen LogP contribution in [0.25, 0.3) is 5.65 Å². The quantitative estimate of drug-likeness (QED) is 0.843. The lowest BCUT2D eigenvalue weighted by molar-refractivity contribution is 0.0922. The first kappa shape index (κ1) is 13.8. The van der Waals surface area contributed by atoms with Crippen LogP contribution in [-0.2, 0) is 0 Å². The van der Waals surface area contributed by atoms with E-state index in [-0.39, 0.29) is 23.8 Å². The van der Waals surface area contributed by atoms with Crippen LogP contribution in [0.5, 0.6) is 0 Å². The van der Waals surface area contributed by atoms with Crippen LogP contribution < -0.4 is 10.9 Å². The number of hydrogen-bond acceptors (Lipinski definition) is 4. The summed E-state index contributed by atoms with van der Waals surface area (Å²) >= 11 is 0. The average molecular weight is 287 g/mol. The van der Waals surface area contributed by atoms with E-state index in [4.69, 9.17) is 5.11 Å². The molecule has 3 rings (SSSR count). The van der Waals surface area contributed by atoms with Crippen molar-refractivity contribution in [2.75, 3.05) is 6.61 Å². The van der Waals surface area contributed by atoms with Crippen molar-refractivity contribution in [3.05, 3.63) is 46.5 Å². The Bertz CT molecular complexity index is 721. The highest BCUT2D eigenvalue weighted by Gasteiger charge is 2.32. The summed E-state index contributed by atoms with van der Waals surface area (Å²) < 4.78 is 1.35. The van der Waals surface area contributed by atoms with E-state index in [1.54, 1.807) is 24.4 Å². The summed E-state index contributed by atoms with van der Waals surface area (Å²) in [6, 6.07) is 5.14. The van der Waals surface area contributed by atoms with Crippen LogP contribution in [0.2, 0.25) is 0 Å². The van der Waals surface area contributed by atoms with Gasteiger partial charge < -0.3 is 10.4 Å². The smallest absolute Gasteiger partial charge is 0.270 e. The van der Waals surface area contributed by atoms with E-state index in [2.05, 4.69) is 10.3 Å². The summed E-state index contributed by atoms with van der Waals surface area (Å²) in [6.45, 7) is 0.0242. The van der Waals surface area contributed by atoms with E-state index in [9.17, 15) is 9.59 Å². The van der Waals surface area contributed by atoms with Gasteiger partial charge in [0.25, 0.3) is 11.5 Å². The molecule has 0 aromatic carbocycles. The average Bonchev–Trinajstić information content (AvgIpc) is 3.32. The van der Waals surface area contributed by atoms with Crippen molar-refractivity contribution in [1.29, 1.82) is 0 Å². The number of aromatic nitrogens is 2. The molecule has 21 heavy (non-hydrogen) atoms. The Morgan fingerprint density at radius 1 is 1.48 bits per heavy atom. The van der Waals surface area contributed by atoms with E-state index in [1.165, 1.54) is 10.6 Å². The third-order valence-electron chi connectivity index (χ3n) is 3.81. The number of aliphatic hydroxyl groups is 1. The third kappa shape index (κ3) is 2.80. The molecule has 1 fully saturated rings. The molecular weight excluding hydrogens is 270 g/mol. The minimum absolute atomic E-state index is 0.0242. The highest BCUT2D eigenvalue weighted by molar-refractivity contribution is 5.94. The van der Waals surface area contributed by atoms with E-state index >= 15 is 0 Å². The van der Waals surface area contributed by atoms with Crippen molar-refractivity contribution in [3.8, 4) is 0 Å². The first-order chi connectivity index (χ1) is 10.2. The van der Waals surface area contributed by atoms with Crippen LogP contribution in [0.15, 0.2) is 35.4 Å². The first-order valence-electron chi connectivity index (χ1n) is 7.09. The lowest BCUT2D eigenvalue weighted by Crippen LogP contribution is -2.40. The van der Waals surface area contributed by atoms with Gasteiger partial charge in [0.2, 0.25) is 0 Å². The number of hydrogen-bond donors (Lipinski definition) is 2. The highest BCUT2D eigenvalue weighted by atomic mass is 16.3. The maximum Gasteiger partial charge on any atom is 0.270 e. The summed E-state index contributed by atoms with van der Waals surface area (Å²) in [7, 11) is 0. The molecule has 1 unspecified atom stereocenters. The Hall–Kier alpha value is -2.21. The van der Waals surface area contributed by atoms with Gasteiger partial charge in [-0.3, -0.25) is 14.0 Å². The molecule has 0 aliphatic heterocycles. The van der Waals surface area contributed by atoms with Crippen LogP contribution in [0, 0.1) is 5.92 Å². The lowest BCUT2D eigenvalue weighted by atomic mass is 10.1. The van der Waals surface area contributed by atoms with Gasteiger partial charge in [-0.05, 0) is 37.3 Å². The van der Waals surface area contributed by atoms with E-state index in [1.807, 2.05) is 0 Å². The molecule has 1 atom stereocenters. The maximum atomic E-state index is 12.3. The zero-order valence-electron chi connectivity index (χ0n) is 11.5. The Kier molecular flexibility index (Phi) is 3.70. The van der Waals surface area contributed by atoms with Gasteiger partial charge in [0.15, 0.2) is 0 Å². The van der Waals surface area contributed by atoms with Gasteiger partial charge in [0.1, 0.15) is 11.2 Å². The zero-order chi connectivity index (χ0) is 14.8. The molecule has 1 aliphatic carbocycles. The molecule has 2 aromatic heterocycles. The molecule has 2 heterocycles. The molecule has 0 radical (unpaired) electrons. The lowest BCUT2D eigenvalue weighted by Gasteiger charge is -2.16. The fraction of sp³-hybridized carbons (Fsp3) is 0.400. The number of rotatable bonds is 5. The van der Waals surface area contributed by atoms with Crippen molar-refractivity contribution in [3.63, 3.8) is 0 Å². The fourth-order valence-corrected chi connectivity index (χ4v) is 2.49. The van der Waals surface area contributed by atoms with Gasteiger partial charge in [-0.1, -0.05) is 6.07 Å². The number of amides is 1. The molecule has 6 heteroatoms. The molecule has 2 N–H and O–H groups in total. The number of pyridine rings is 1. The number of nitrogens with one attached hydrogen (secondary N) is 1. The Morgan fingerprint density at radius 3 is 3.00 bits per heavy atom. The SMILES string of the molecule is O=C(NC(CCO)C1CC1)c1cnc2ccccn2c1=O.